The van der Waals surface area contributed by atoms with Gasteiger partial charge in [-0.3, -0.25) is 0 Å². The predicted octanol–water partition coefficient (Wildman–Crippen LogP) is 5.97. The van der Waals surface area contributed by atoms with E-state index in [1.807, 2.05) is 0 Å². The van der Waals surface area contributed by atoms with E-state index in [0.717, 1.165) is 16.4 Å². The average Bonchev–Trinajstić information content (AvgIpc) is 2.86. The summed E-state index contributed by atoms with van der Waals surface area (Å²) in [6.07, 6.45) is 0.916. The molecule has 0 spiro atoms. The van der Waals surface area contributed by atoms with Crippen LogP contribution < -0.4 is 20.7 Å². The SMILES string of the molecule is COCCOc1cc(C[P+](c2ccccc2)(c2ccccc2)c2ccccc2)ccc1Br. The quantitative estimate of drug-likeness (QED) is 0.206. The minimum Gasteiger partial charge on any atom is -0.490 e. The summed E-state index contributed by atoms with van der Waals surface area (Å²) < 4.78 is 12.1. The van der Waals surface area contributed by atoms with E-state index in [1.165, 1.54) is 21.5 Å². The molecule has 0 unspecified atom stereocenters. The molecule has 0 saturated heterocycles. The molecule has 0 aliphatic heterocycles. The van der Waals surface area contributed by atoms with Gasteiger partial charge in [0.25, 0.3) is 0 Å². The van der Waals surface area contributed by atoms with Crippen molar-refractivity contribution in [1.82, 2.24) is 0 Å². The van der Waals surface area contributed by atoms with Gasteiger partial charge < -0.3 is 9.47 Å². The van der Waals surface area contributed by atoms with Crippen molar-refractivity contribution >= 4 is 39.1 Å². The van der Waals surface area contributed by atoms with Gasteiger partial charge in [-0.15, -0.1) is 0 Å². The lowest BCUT2D eigenvalue weighted by Crippen LogP contribution is -2.32. The molecule has 0 atom stereocenters. The number of hydrogen-bond donors (Lipinski definition) is 0. The number of halogens is 1. The van der Waals surface area contributed by atoms with Gasteiger partial charge in [0.1, 0.15) is 35.5 Å². The zero-order valence-corrected chi connectivity index (χ0v) is 20.6. The Balaban J connectivity index is 1.86. The third-order valence-electron chi connectivity index (χ3n) is 5.55. The fourth-order valence-electron chi connectivity index (χ4n) is 4.03. The molecule has 0 aromatic heterocycles. The second-order valence-electron chi connectivity index (χ2n) is 7.58. The molecule has 0 amide bonds. The molecular weight excluding hydrogens is 479 g/mol. The van der Waals surface area contributed by atoms with Crippen LogP contribution in [0.1, 0.15) is 5.56 Å². The van der Waals surface area contributed by atoms with Crippen LogP contribution >= 0.6 is 23.2 Å². The Morgan fingerprint density at radius 1 is 0.656 bits per heavy atom. The zero-order valence-electron chi connectivity index (χ0n) is 18.2. The largest absolute Gasteiger partial charge is 0.490 e. The van der Waals surface area contributed by atoms with E-state index < -0.39 is 7.26 Å². The van der Waals surface area contributed by atoms with Crippen molar-refractivity contribution < 1.29 is 9.47 Å². The lowest BCUT2D eigenvalue weighted by molar-refractivity contribution is 0.146. The van der Waals surface area contributed by atoms with Crippen LogP contribution in [-0.2, 0) is 10.9 Å². The van der Waals surface area contributed by atoms with Gasteiger partial charge in [-0.25, -0.2) is 0 Å². The first-order valence-electron chi connectivity index (χ1n) is 10.7. The molecule has 0 heterocycles. The Bertz CT molecular complexity index is 1020. The predicted molar refractivity (Wildman–Crippen MR) is 140 cm³/mol. The van der Waals surface area contributed by atoms with E-state index in [1.54, 1.807) is 7.11 Å². The summed E-state index contributed by atoms with van der Waals surface area (Å²) in [4.78, 5) is 0. The molecule has 4 rings (SSSR count). The van der Waals surface area contributed by atoms with Gasteiger partial charge in [0.2, 0.25) is 0 Å². The maximum atomic E-state index is 5.99. The Morgan fingerprint density at radius 2 is 1.16 bits per heavy atom. The number of rotatable bonds is 9. The van der Waals surface area contributed by atoms with Crippen LogP contribution in [0.25, 0.3) is 0 Å². The number of methoxy groups -OCH3 is 1. The topological polar surface area (TPSA) is 18.5 Å². The molecule has 0 aliphatic rings. The molecule has 0 radical (unpaired) electrons. The first-order chi connectivity index (χ1) is 15.7. The second kappa shape index (κ2) is 10.9. The summed E-state index contributed by atoms with van der Waals surface area (Å²) in [6.45, 7) is 1.08. The first-order valence-corrected chi connectivity index (χ1v) is 13.5. The van der Waals surface area contributed by atoms with Crippen LogP contribution in [-0.4, -0.2) is 20.3 Å². The molecule has 32 heavy (non-hydrogen) atoms. The first kappa shape index (κ1) is 22.7. The van der Waals surface area contributed by atoms with Crippen molar-refractivity contribution in [2.75, 3.05) is 20.3 Å². The molecule has 0 fully saturated rings. The summed E-state index contributed by atoms with van der Waals surface area (Å²) in [5.41, 5.74) is 1.26. The van der Waals surface area contributed by atoms with Crippen molar-refractivity contribution in [2.24, 2.45) is 0 Å². The number of benzene rings is 4. The molecule has 162 valence electrons. The van der Waals surface area contributed by atoms with E-state index in [9.17, 15) is 0 Å². The van der Waals surface area contributed by atoms with Crippen LogP contribution in [0.15, 0.2) is 114 Å². The Morgan fingerprint density at radius 3 is 1.62 bits per heavy atom. The molecular formula is C28H27BrO2P+. The van der Waals surface area contributed by atoms with Crippen molar-refractivity contribution in [3.05, 3.63) is 119 Å². The maximum Gasteiger partial charge on any atom is 0.134 e. The summed E-state index contributed by atoms with van der Waals surface area (Å²) >= 11 is 3.64. The van der Waals surface area contributed by atoms with Crippen LogP contribution in [0, 0.1) is 0 Å². The minimum atomic E-state index is -1.94. The van der Waals surface area contributed by atoms with Crippen LogP contribution in [0.4, 0.5) is 0 Å². The molecule has 0 N–H and O–H groups in total. The Hall–Kier alpha value is -2.45. The van der Waals surface area contributed by atoms with E-state index in [0.29, 0.717) is 13.2 Å². The van der Waals surface area contributed by atoms with Gasteiger partial charge >= 0.3 is 0 Å². The molecule has 0 aliphatic carbocycles. The molecule has 4 aromatic rings. The van der Waals surface area contributed by atoms with Gasteiger partial charge in [-0.1, -0.05) is 60.7 Å². The summed E-state index contributed by atoms with van der Waals surface area (Å²) in [5.74, 6) is 0.854. The second-order valence-corrected chi connectivity index (χ2v) is 11.9. The van der Waals surface area contributed by atoms with Crippen molar-refractivity contribution in [3.8, 4) is 5.75 Å². The fraction of sp³-hybridized carbons (Fsp3) is 0.143. The Kier molecular flexibility index (Phi) is 7.76. The van der Waals surface area contributed by atoms with Crippen molar-refractivity contribution in [2.45, 2.75) is 6.16 Å². The number of hydrogen-bond acceptors (Lipinski definition) is 2. The van der Waals surface area contributed by atoms with E-state index >= 15 is 0 Å². The highest BCUT2D eigenvalue weighted by Crippen LogP contribution is 2.58. The minimum absolute atomic E-state index is 0.523. The van der Waals surface area contributed by atoms with Crippen LogP contribution in [0.2, 0.25) is 0 Å². The lowest BCUT2D eigenvalue weighted by atomic mass is 10.2. The summed E-state index contributed by atoms with van der Waals surface area (Å²) in [6, 6.07) is 39.3. The monoisotopic (exact) mass is 505 g/mol. The van der Waals surface area contributed by atoms with Gasteiger partial charge in [-0.05, 0) is 70.0 Å². The van der Waals surface area contributed by atoms with Gasteiger partial charge in [-0.2, -0.15) is 0 Å². The third kappa shape index (κ3) is 4.96. The fourth-order valence-corrected chi connectivity index (χ4v) is 8.62. The van der Waals surface area contributed by atoms with Crippen molar-refractivity contribution in [3.63, 3.8) is 0 Å². The summed E-state index contributed by atoms with van der Waals surface area (Å²) in [5, 5.41) is 4.13. The lowest BCUT2D eigenvalue weighted by Gasteiger charge is -2.28. The van der Waals surface area contributed by atoms with E-state index in [4.69, 9.17) is 9.47 Å². The average molecular weight is 506 g/mol. The highest BCUT2D eigenvalue weighted by atomic mass is 79.9. The Labute approximate surface area is 199 Å². The van der Waals surface area contributed by atoms with Gasteiger partial charge in [0, 0.05) is 7.11 Å². The highest BCUT2D eigenvalue weighted by molar-refractivity contribution is 9.10. The van der Waals surface area contributed by atoms with E-state index in [2.05, 4.69) is 125 Å². The third-order valence-corrected chi connectivity index (χ3v) is 10.6. The van der Waals surface area contributed by atoms with Gasteiger partial charge in [0.05, 0.1) is 17.2 Å². The molecule has 4 aromatic carbocycles. The maximum absolute atomic E-state index is 5.99. The normalized spacial score (nSPS) is 11.3. The zero-order chi connectivity index (χ0) is 22.2. The smallest absolute Gasteiger partial charge is 0.134 e. The van der Waals surface area contributed by atoms with E-state index in [-0.39, 0.29) is 0 Å². The van der Waals surface area contributed by atoms with Gasteiger partial charge in [0.15, 0.2) is 0 Å². The summed E-state index contributed by atoms with van der Waals surface area (Å²) in [7, 11) is -0.250. The highest BCUT2D eigenvalue weighted by Gasteiger charge is 2.45. The van der Waals surface area contributed by atoms with Crippen LogP contribution in [0.3, 0.4) is 0 Å². The van der Waals surface area contributed by atoms with Crippen molar-refractivity contribution in [1.29, 1.82) is 0 Å². The molecule has 0 bridgehead atoms. The molecule has 0 saturated carbocycles. The van der Waals surface area contributed by atoms with Crippen LogP contribution in [0.5, 0.6) is 5.75 Å². The molecule has 4 heteroatoms. The standard InChI is InChI=1S/C28H27BrO2P/c1-30-19-20-31-28-21-23(17-18-27(28)29)22-32(24-11-5-2-6-12-24,25-13-7-3-8-14-25)26-15-9-4-10-16-26/h2-18,21H,19-20,22H2,1H3/q+1. The molecule has 2 nitrogen and oxygen atoms in total. The number of ether oxygens (including phenoxy) is 2.